The van der Waals surface area contributed by atoms with Crippen LogP contribution in [0.25, 0.3) is 0 Å². The van der Waals surface area contributed by atoms with Crippen molar-refractivity contribution >= 4 is 5.91 Å². The molecule has 1 rings (SSSR count). The van der Waals surface area contributed by atoms with Crippen LogP contribution >= 0.6 is 0 Å². The van der Waals surface area contributed by atoms with Crippen molar-refractivity contribution in [1.29, 1.82) is 0 Å². The summed E-state index contributed by atoms with van der Waals surface area (Å²) in [6, 6.07) is 10.3. The summed E-state index contributed by atoms with van der Waals surface area (Å²) in [5.41, 5.74) is 6.80. The molecule has 0 saturated heterocycles. The molecule has 0 aliphatic rings. The smallest absolute Gasteiger partial charge is 0.220 e. The number of benzene rings is 1. The Balaban J connectivity index is 2.39. The van der Waals surface area contributed by atoms with E-state index in [1.54, 1.807) is 0 Å². The molecule has 0 saturated carbocycles. The lowest BCUT2D eigenvalue weighted by atomic mass is 9.84. The predicted molar refractivity (Wildman–Crippen MR) is 89.2 cm³/mol. The molecule has 0 fully saturated rings. The van der Waals surface area contributed by atoms with Crippen LogP contribution in [0.4, 0.5) is 0 Å². The van der Waals surface area contributed by atoms with E-state index in [2.05, 4.69) is 38.2 Å². The number of nitrogens with two attached hydrogens (primary N) is 1. The van der Waals surface area contributed by atoms with Crippen LogP contribution in [0.5, 0.6) is 0 Å². The molecular weight excluding hydrogens is 260 g/mol. The molecular formula is C18H30N2O. The van der Waals surface area contributed by atoms with E-state index in [0.717, 1.165) is 19.3 Å². The van der Waals surface area contributed by atoms with Crippen LogP contribution in [-0.4, -0.2) is 19.0 Å². The second-order valence-corrected chi connectivity index (χ2v) is 6.42. The van der Waals surface area contributed by atoms with Gasteiger partial charge in [-0.1, -0.05) is 57.5 Å². The Morgan fingerprint density at radius 3 is 2.48 bits per heavy atom. The Bertz CT molecular complexity index is 414. The van der Waals surface area contributed by atoms with Gasteiger partial charge < -0.3 is 11.1 Å². The average molecular weight is 290 g/mol. The summed E-state index contributed by atoms with van der Waals surface area (Å²) >= 11 is 0. The lowest BCUT2D eigenvalue weighted by Crippen LogP contribution is -2.36. The van der Waals surface area contributed by atoms with Crippen LogP contribution in [0.1, 0.15) is 52.0 Å². The first-order valence-corrected chi connectivity index (χ1v) is 8.02. The average Bonchev–Trinajstić information content (AvgIpc) is 2.50. The molecule has 1 aromatic carbocycles. The Morgan fingerprint density at radius 2 is 1.90 bits per heavy atom. The van der Waals surface area contributed by atoms with Crippen LogP contribution in [0.2, 0.25) is 0 Å². The summed E-state index contributed by atoms with van der Waals surface area (Å²) < 4.78 is 0. The van der Waals surface area contributed by atoms with Gasteiger partial charge in [0.1, 0.15) is 0 Å². The zero-order valence-electron chi connectivity index (χ0n) is 13.7. The van der Waals surface area contributed by atoms with E-state index in [0.29, 0.717) is 25.4 Å². The Morgan fingerprint density at radius 1 is 1.24 bits per heavy atom. The number of carbonyl (C=O) groups excluding carboxylic acids is 1. The van der Waals surface area contributed by atoms with Crippen molar-refractivity contribution in [3.63, 3.8) is 0 Å². The first kappa shape index (κ1) is 17.7. The van der Waals surface area contributed by atoms with E-state index < -0.39 is 0 Å². The molecule has 1 aromatic rings. The number of carbonyl (C=O) groups is 1. The number of rotatable bonds is 9. The van der Waals surface area contributed by atoms with Crippen molar-refractivity contribution in [3.8, 4) is 0 Å². The Hall–Kier alpha value is -1.35. The monoisotopic (exact) mass is 290 g/mol. The van der Waals surface area contributed by atoms with Gasteiger partial charge in [0.25, 0.3) is 0 Å². The van der Waals surface area contributed by atoms with Gasteiger partial charge in [0.05, 0.1) is 0 Å². The lowest BCUT2D eigenvalue weighted by Gasteiger charge is -2.25. The SMILES string of the molecule is CCC(CCN)CCC(=O)NCC(C)(C)c1ccccc1. The minimum Gasteiger partial charge on any atom is -0.355 e. The maximum atomic E-state index is 12.0. The molecule has 0 heterocycles. The van der Waals surface area contributed by atoms with Crippen molar-refractivity contribution in [2.45, 2.75) is 51.9 Å². The first-order valence-electron chi connectivity index (χ1n) is 8.02. The van der Waals surface area contributed by atoms with E-state index in [-0.39, 0.29) is 11.3 Å². The normalized spacial score (nSPS) is 13.0. The van der Waals surface area contributed by atoms with E-state index >= 15 is 0 Å². The molecule has 0 radical (unpaired) electrons. The predicted octanol–water partition coefficient (Wildman–Crippen LogP) is 3.24. The molecule has 21 heavy (non-hydrogen) atoms. The standard InChI is InChI=1S/C18H30N2O/c1-4-15(12-13-19)10-11-17(21)20-14-18(2,3)16-8-6-5-7-9-16/h5-9,15H,4,10-14,19H2,1-3H3,(H,20,21). The molecule has 1 amide bonds. The van der Waals surface area contributed by atoms with Crippen molar-refractivity contribution in [2.75, 3.05) is 13.1 Å². The quantitative estimate of drug-likeness (QED) is 0.733. The topological polar surface area (TPSA) is 55.1 Å². The fourth-order valence-electron chi connectivity index (χ4n) is 2.52. The molecule has 118 valence electrons. The molecule has 0 aliphatic heterocycles. The molecule has 0 aliphatic carbocycles. The number of hydrogen-bond acceptors (Lipinski definition) is 2. The fourth-order valence-corrected chi connectivity index (χ4v) is 2.52. The van der Waals surface area contributed by atoms with Crippen LogP contribution in [0, 0.1) is 5.92 Å². The van der Waals surface area contributed by atoms with Gasteiger partial charge in [-0.05, 0) is 30.9 Å². The van der Waals surface area contributed by atoms with Crippen LogP contribution in [0.15, 0.2) is 30.3 Å². The maximum Gasteiger partial charge on any atom is 0.220 e. The molecule has 1 unspecified atom stereocenters. The van der Waals surface area contributed by atoms with Crippen LogP contribution < -0.4 is 11.1 Å². The van der Waals surface area contributed by atoms with Crippen molar-refractivity contribution < 1.29 is 4.79 Å². The van der Waals surface area contributed by atoms with Gasteiger partial charge in [-0.3, -0.25) is 4.79 Å². The second-order valence-electron chi connectivity index (χ2n) is 6.42. The molecule has 0 spiro atoms. The highest BCUT2D eigenvalue weighted by molar-refractivity contribution is 5.76. The second kappa shape index (κ2) is 8.83. The van der Waals surface area contributed by atoms with Gasteiger partial charge in [-0.2, -0.15) is 0 Å². The summed E-state index contributed by atoms with van der Waals surface area (Å²) in [5.74, 6) is 0.720. The summed E-state index contributed by atoms with van der Waals surface area (Å²) in [7, 11) is 0. The zero-order valence-corrected chi connectivity index (χ0v) is 13.7. The van der Waals surface area contributed by atoms with Gasteiger partial charge in [-0.15, -0.1) is 0 Å². The highest BCUT2D eigenvalue weighted by atomic mass is 16.1. The van der Waals surface area contributed by atoms with Crippen molar-refractivity contribution in [3.05, 3.63) is 35.9 Å². The van der Waals surface area contributed by atoms with Crippen molar-refractivity contribution in [2.24, 2.45) is 11.7 Å². The number of nitrogens with one attached hydrogen (secondary N) is 1. The minimum atomic E-state index is -0.0433. The summed E-state index contributed by atoms with van der Waals surface area (Å²) in [6.45, 7) is 7.86. The van der Waals surface area contributed by atoms with Crippen LogP contribution in [0.3, 0.4) is 0 Å². The third kappa shape index (κ3) is 6.30. The van der Waals surface area contributed by atoms with Gasteiger partial charge >= 0.3 is 0 Å². The minimum absolute atomic E-state index is 0.0433. The maximum absolute atomic E-state index is 12.0. The summed E-state index contributed by atoms with van der Waals surface area (Å²) in [4.78, 5) is 12.0. The third-order valence-electron chi connectivity index (χ3n) is 4.21. The molecule has 1 atom stereocenters. The first-order chi connectivity index (χ1) is 9.99. The van der Waals surface area contributed by atoms with E-state index in [4.69, 9.17) is 5.73 Å². The summed E-state index contributed by atoms with van der Waals surface area (Å²) in [5, 5.41) is 3.07. The zero-order chi connectivity index (χ0) is 15.7. The van der Waals surface area contributed by atoms with Gasteiger partial charge in [0.15, 0.2) is 0 Å². The molecule has 3 N–H and O–H groups in total. The van der Waals surface area contributed by atoms with Gasteiger partial charge in [0, 0.05) is 18.4 Å². The highest BCUT2D eigenvalue weighted by Gasteiger charge is 2.21. The molecule has 0 aromatic heterocycles. The molecule has 3 heteroatoms. The largest absolute Gasteiger partial charge is 0.355 e. The van der Waals surface area contributed by atoms with E-state index in [1.807, 2.05) is 18.2 Å². The third-order valence-corrected chi connectivity index (χ3v) is 4.21. The molecule has 0 bridgehead atoms. The Kier molecular flexibility index (Phi) is 7.44. The highest BCUT2D eigenvalue weighted by Crippen LogP contribution is 2.22. The Labute approximate surface area is 129 Å². The number of amides is 1. The fraction of sp³-hybridized carbons (Fsp3) is 0.611. The molecule has 3 nitrogen and oxygen atoms in total. The van der Waals surface area contributed by atoms with Crippen LogP contribution in [-0.2, 0) is 10.2 Å². The lowest BCUT2D eigenvalue weighted by molar-refractivity contribution is -0.121. The van der Waals surface area contributed by atoms with Gasteiger partial charge in [-0.25, -0.2) is 0 Å². The van der Waals surface area contributed by atoms with E-state index in [9.17, 15) is 4.79 Å². The van der Waals surface area contributed by atoms with E-state index in [1.165, 1.54) is 5.56 Å². The van der Waals surface area contributed by atoms with Gasteiger partial charge in [0.2, 0.25) is 5.91 Å². The van der Waals surface area contributed by atoms with Crippen molar-refractivity contribution in [1.82, 2.24) is 5.32 Å². The number of hydrogen-bond donors (Lipinski definition) is 2. The summed E-state index contributed by atoms with van der Waals surface area (Å²) in [6.07, 6.45) is 3.65.